The van der Waals surface area contributed by atoms with E-state index in [2.05, 4.69) is 0 Å². The molecule has 0 spiro atoms. The highest BCUT2D eigenvalue weighted by Gasteiger charge is 1.98. The fraction of sp³-hybridized carbons (Fsp3) is 0. The predicted molar refractivity (Wildman–Crippen MR) is 46.4 cm³/mol. The molecule has 1 rings (SSSR count). The van der Waals surface area contributed by atoms with E-state index in [-0.39, 0.29) is 0 Å². The van der Waals surface area contributed by atoms with Crippen LogP contribution in [-0.4, -0.2) is 17.4 Å². The standard InChI is InChI=1S/C8H6O3S/c9-5-6-3-4-12-7(6)1-2-8(10)11/h1-5H,(H,10,11). The Balaban J connectivity index is 2.88. The number of carbonyl (C=O) groups excluding carboxylic acids is 1. The number of hydrogen-bond donors (Lipinski definition) is 1. The third-order valence-corrected chi connectivity index (χ3v) is 2.13. The average molecular weight is 182 g/mol. The normalized spacial score (nSPS) is 10.3. The van der Waals surface area contributed by atoms with E-state index < -0.39 is 5.97 Å². The maximum absolute atomic E-state index is 10.4. The number of rotatable bonds is 3. The predicted octanol–water partition coefficient (Wildman–Crippen LogP) is 1.66. The zero-order valence-corrected chi connectivity index (χ0v) is 6.88. The minimum Gasteiger partial charge on any atom is -0.478 e. The van der Waals surface area contributed by atoms with E-state index in [1.165, 1.54) is 17.4 Å². The first-order chi connectivity index (χ1) is 5.74. The monoisotopic (exact) mass is 182 g/mol. The smallest absolute Gasteiger partial charge is 0.328 e. The number of thiophene rings is 1. The topological polar surface area (TPSA) is 54.4 Å². The number of carbonyl (C=O) groups is 2. The minimum absolute atomic E-state index is 0.525. The maximum Gasteiger partial charge on any atom is 0.328 e. The van der Waals surface area contributed by atoms with E-state index in [0.717, 1.165) is 6.08 Å². The molecule has 0 radical (unpaired) electrons. The lowest BCUT2D eigenvalue weighted by Crippen LogP contribution is -1.85. The molecule has 0 aliphatic carbocycles. The van der Waals surface area contributed by atoms with Gasteiger partial charge in [-0.15, -0.1) is 11.3 Å². The molecule has 0 bridgehead atoms. The molecule has 0 atom stereocenters. The maximum atomic E-state index is 10.4. The van der Waals surface area contributed by atoms with Gasteiger partial charge in [-0.25, -0.2) is 4.79 Å². The SMILES string of the molecule is O=Cc1ccsc1C=CC(=O)O. The van der Waals surface area contributed by atoms with Crippen molar-refractivity contribution in [3.05, 3.63) is 28.0 Å². The number of aliphatic carboxylic acids is 1. The van der Waals surface area contributed by atoms with Gasteiger partial charge in [-0.3, -0.25) is 4.79 Å². The average Bonchev–Trinajstić information content (AvgIpc) is 2.47. The van der Waals surface area contributed by atoms with Gasteiger partial charge in [-0.1, -0.05) is 0 Å². The van der Waals surface area contributed by atoms with Crippen LogP contribution in [0.25, 0.3) is 6.08 Å². The molecule has 1 heterocycles. The van der Waals surface area contributed by atoms with Crippen LogP contribution in [0.4, 0.5) is 0 Å². The fourth-order valence-corrected chi connectivity index (χ4v) is 1.47. The second-order valence-corrected chi connectivity index (χ2v) is 2.98. The zero-order valence-electron chi connectivity index (χ0n) is 6.06. The van der Waals surface area contributed by atoms with Crippen LogP contribution in [0.2, 0.25) is 0 Å². The molecule has 1 aromatic heterocycles. The molecule has 0 saturated heterocycles. The zero-order chi connectivity index (χ0) is 8.97. The Kier molecular flexibility index (Phi) is 2.76. The van der Waals surface area contributed by atoms with E-state index in [0.29, 0.717) is 16.7 Å². The number of carboxylic acid groups (broad SMARTS) is 1. The lowest BCUT2D eigenvalue weighted by atomic mass is 10.3. The summed E-state index contributed by atoms with van der Waals surface area (Å²) in [6, 6.07) is 1.65. The van der Waals surface area contributed by atoms with E-state index in [4.69, 9.17) is 5.11 Å². The van der Waals surface area contributed by atoms with Crippen molar-refractivity contribution in [2.75, 3.05) is 0 Å². The van der Waals surface area contributed by atoms with E-state index in [1.807, 2.05) is 0 Å². The van der Waals surface area contributed by atoms with Crippen LogP contribution in [-0.2, 0) is 4.79 Å². The third-order valence-electron chi connectivity index (χ3n) is 1.23. The lowest BCUT2D eigenvalue weighted by molar-refractivity contribution is -0.131. The van der Waals surface area contributed by atoms with E-state index in [1.54, 1.807) is 11.4 Å². The van der Waals surface area contributed by atoms with Gasteiger partial charge in [-0.2, -0.15) is 0 Å². The Labute approximate surface area is 73.0 Å². The summed E-state index contributed by atoms with van der Waals surface area (Å²) < 4.78 is 0. The summed E-state index contributed by atoms with van der Waals surface area (Å²) in [7, 11) is 0. The van der Waals surface area contributed by atoms with Crippen LogP contribution in [0.15, 0.2) is 17.5 Å². The molecule has 0 fully saturated rings. The van der Waals surface area contributed by atoms with Crippen LogP contribution >= 0.6 is 11.3 Å². The van der Waals surface area contributed by atoms with Gasteiger partial charge in [0.25, 0.3) is 0 Å². The summed E-state index contributed by atoms with van der Waals surface area (Å²) in [4.78, 5) is 21.2. The van der Waals surface area contributed by atoms with Gasteiger partial charge < -0.3 is 5.11 Å². The summed E-state index contributed by atoms with van der Waals surface area (Å²) in [5, 5.41) is 10.0. The molecule has 0 aliphatic heterocycles. The Morgan fingerprint density at radius 1 is 1.58 bits per heavy atom. The van der Waals surface area contributed by atoms with Crippen molar-refractivity contribution >= 4 is 29.7 Å². The summed E-state index contributed by atoms with van der Waals surface area (Å²) >= 11 is 1.33. The first-order valence-corrected chi connectivity index (χ1v) is 4.05. The number of hydrogen-bond acceptors (Lipinski definition) is 3. The van der Waals surface area contributed by atoms with Crippen LogP contribution in [0, 0.1) is 0 Å². The van der Waals surface area contributed by atoms with Crippen LogP contribution < -0.4 is 0 Å². The molecule has 12 heavy (non-hydrogen) atoms. The van der Waals surface area contributed by atoms with Gasteiger partial charge in [0.1, 0.15) is 0 Å². The first-order valence-electron chi connectivity index (χ1n) is 3.17. The number of aldehydes is 1. The van der Waals surface area contributed by atoms with Crippen molar-refractivity contribution in [2.45, 2.75) is 0 Å². The summed E-state index contributed by atoms with van der Waals surface area (Å²) in [6.07, 6.45) is 3.13. The Hall–Kier alpha value is -1.42. The minimum atomic E-state index is -1.01. The highest BCUT2D eigenvalue weighted by molar-refractivity contribution is 7.11. The molecule has 0 saturated carbocycles. The van der Waals surface area contributed by atoms with E-state index >= 15 is 0 Å². The summed E-state index contributed by atoms with van der Waals surface area (Å²) in [6.45, 7) is 0. The van der Waals surface area contributed by atoms with Gasteiger partial charge >= 0.3 is 5.97 Å². The molecule has 0 aromatic carbocycles. The first kappa shape index (κ1) is 8.67. The van der Waals surface area contributed by atoms with Gasteiger partial charge in [0.05, 0.1) is 0 Å². The fourth-order valence-electron chi connectivity index (χ4n) is 0.711. The van der Waals surface area contributed by atoms with Gasteiger partial charge in [-0.05, 0) is 17.5 Å². The second kappa shape index (κ2) is 3.82. The Morgan fingerprint density at radius 2 is 2.33 bits per heavy atom. The lowest BCUT2D eigenvalue weighted by Gasteiger charge is -1.85. The van der Waals surface area contributed by atoms with Gasteiger partial charge in [0.15, 0.2) is 6.29 Å². The van der Waals surface area contributed by atoms with Crippen molar-refractivity contribution in [3.63, 3.8) is 0 Å². The molecule has 0 unspecified atom stereocenters. The summed E-state index contributed by atoms with van der Waals surface area (Å²) in [5.41, 5.74) is 0.525. The van der Waals surface area contributed by atoms with Crippen molar-refractivity contribution in [1.29, 1.82) is 0 Å². The van der Waals surface area contributed by atoms with E-state index in [9.17, 15) is 9.59 Å². The molecule has 4 heteroatoms. The van der Waals surface area contributed by atoms with Gasteiger partial charge in [0.2, 0.25) is 0 Å². The molecule has 0 aliphatic rings. The highest BCUT2D eigenvalue weighted by atomic mass is 32.1. The quantitative estimate of drug-likeness (QED) is 0.571. The molecule has 62 valence electrons. The summed E-state index contributed by atoms with van der Waals surface area (Å²) in [5.74, 6) is -1.01. The third kappa shape index (κ3) is 2.03. The molecule has 1 N–H and O–H groups in total. The molecular formula is C8H6O3S. The molecule has 1 aromatic rings. The van der Waals surface area contributed by atoms with Crippen LogP contribution in [0.3, 0.4) is 0 Å². The number of carboxylic acids is 1. The van der Waals surface area contributed by atoms with Crippen LogP contribution in [0.1, 0.15) is 15.2 Å². The van der Waals surface area contributed by atoms with Crippen molar-refractivity contribution in [2.24, 2.45) is 0 Å². The Bertz CT molecular complexity index is 325. The second-order valence-electron chi connectivity index (χ2n) is 2.03. The van der Waals surface area contributed by atoms with Crippen molar-refractivity contribution in [3.8, 4) is 0 Å². The molecular weight excluding hydrogens is 176 g/mol. The highest BCUT2D eigenvalue weighted by Crippen LogP contribution is 2.16. The van der Waals surface area contributed by atoms with Crippen molar-refractivity contribution < 1.29 is 14.7 Å². The van der Waals surface area contributed by atoms with Crippen LogP contribution in [0.5, 0.6) is 0 Å². The molecule has 3 nitrogen and oxygen atoms in total. The molecule has 0 amide bonds. The van der Waals surface area contributed by atoms with Gasteiger partial charge in [0, 0.05) is 16.5 Å². The van der Waals surface area contributed by atoms with Crippen molar-refractivity contribution in [1.82, 2.24) is 0 Å². The Morgan fingerprint density at radius 3 is 2.92 bits per heavy atom. The largest absolute Gasteiger partial charge is 0.478 e.